The smallest absolute Gasteiger partial charge is 0.383 e. The first kappa shape index (κ1) is 16.4. The lowest BCUT2D eigenvalue weighted by Crippen LogP contribution is -2.30. The topological polar surface area (TPSA) is 37.3 Å². The highest BCUT2D eigenvalue weighted by atomic mass is 19.4. The number of rotatable bonds is 9. The summed E-state index contributed by atoms with van der Waals surface area (Å²) in [5, 5.41) is 8.68. The van der Waals surface area contributed by atoms with Crippen molar-refractivity contribution in [3.8, 4) is 0 Å². The number of aliphatic hydroxyl groups excluding tert-OH is 1. The van der Waals surface area contributed by atoms with E-state index in [1.165, 1.54) is 0 Å². The van der Waals surface area contributed by atoms with Crippen LogP contribution in [-0.2, 0) is 4.79 Å². The van der Waals surface area contributed by atoms with Crippen LogP contribution in [0.5, 0.6) is 0 Å². The fraction of sp³-hybridized carbons (Fsp3) is 0.917. The Kier molecular flexibility index (Phi) is 8.21. The SMILES string of the molecule is CCCCCCCCC(=O)CC(O)C(F)(F)F. The van der Waals surface area contributed by atoms with Gasteiger partial charge in [0.05, 0.1) is 0 Å². The van der Waals surface area contributed by atoms with Crippen LogP contribution in [0.2, 0.25) is 0 Å². The Balaban J connectivity index is 3.53. The van der Waals surface area contributed by atoms with Crippen LogP contribution >= 0.6 is 0 Å². The number of carbonyl (C=O) groups is 1. The van der Waals surface area contributed by atoms with Gasteiger partial charge in [0.1, 0.15) is 5.78 Å². The molecule has 0 fully saturated rings. The largest absolute Gasteiger partial charge is 0.414 e. The lowest BCUT2D eigenvalue weighted by Gasteiger charge is -2.13. The molecular formula is C12H21F3O2. The summed E-state index contributed by atoms with van der Waals surface area (Å²) in [4.78, 5) is 11.1. The molecule has 0 saturated heterocycles. The lowest BCUT2D eigenvalue weighted by atomic mass is 10.0. The third-order valence-electron chi connectivity index (χ3n) is 2.61. The van der Waals surface area contributed by atoms with Gasteiger partial charge in [-0.05, 0) is 6.42 Å². The number of hydrogen-bond donors (Lipinski definition) is 1. The second kappa shape index (κ2) is 8.50. The zero-order valence-electron chi connectivity index (χ0n) is 10.2. The summed E-state index contributed by atoms with van der Waals surface area (Å²) in [6.07, 6.45) is -1.96. The number of aliphatic hydroxyl groups is 1. The van der Waals surface area contributed by atoms with Gasteiger partial charge >= 0.3 is 6.18 Å². The molecule has 0 heterocycles. The first-order chi connectivity index (χ1) is 7.88. The fourth-order valence-corrected chi connectivity index (χ4v) is 1.54. The minimum Gasteiger partial charge on any atom is -0.383 e. The summed E-state index contributed by atoms with van der Waals surface area (Å²) in [7, 11) is 0. The number of Topliss-reactive ketones (excluding diaryl/α,β-unsaturated/α-hetero) is 1. The van der Waals surface area contributed by atoms with E-state index in [4.69, 9.17) is 5.11 Å². The van der Waals surface area contributed by atoms with E-state index in [0.717, 1.165) is 32.1 Å². The van der Waals surface area contributed by atoms with Gasteiger partial charge < -0.3 is 5.11 Å². The first-order valence-corrected chi connectivity index (χ1v) is 6.14. The van der Waals surface area contributed by atoms with Crippen molar-refractivity contribution in [1.82, 2.24) is 0 Å². The summed E-state index contributed by atoms with van der Waals surface area (Å²) in [5.74, 6) is -0.509. The Morgan fingerprint density at radius 1 is 1.12 bits per heavy atom. The van der Waals surface area contributed by atoms with Gasteiger partial charge in [0, 0.05) is 12.8 Å². The quantitative estimate of drug-likeness (QED) is 0.638. The van der Waals surface area contributed by atoms with Gasteiger partial charge in [0.15, 0.2) is 6.10 Å². The molecule has 0 aliphatic rings. The number of ketones is 1. The molecule has 0 radical (unpaired) electrons. The van der Waals surface area contributed by atoms with Gasteiger partial charge in [-0.25, -0.2) is 0 Å². The van der Waals surface area contributed by atoms with E-state index >= 15 is 0 Å². The van der Waals surface area contributed by atoms with Gasteiger partial charge in [-0.3, -0.25) is 4.79 Å². The van der Waals surface area contributed by atoms with Crippen molar-refractivity contribution in [1.29, 1.82) is 0 Å². The predicted octanol–water partition coefficient (Wildman–Crippen LogP) is 3.62. The maximum Gasteiger partial charge on any atom is 0.414 e. The molecule has 1 unspecified atom stereocenters. The molecule has 2 nitrogen and oxygen atoms in total. The molecule has 102 valence electrons. The molecule has 1 atom stereocenters. The number of halogens is 3. The molecule has 0 aromatic rings. The minimum absolute atomic E-state index is 0.138. The summed E-state index contributed by atoms with van der Waals surface area (Å²) in [6.45, 7) is 2.10. The Morgan fingerprint density at radius 2 is 1.65 bits per heavy atom. The molecule has 0 rings (SSSR count). The van der Waals surface area contributed by atoms with Crippen LogP contribution in [0.1, 0.15) is 58.3 Å². The van der Waals surface area contributed by atoms with E-state index in [-0.39, 0.29) is 6.42 Å². The van der Waals surface area contributed by atoms with Crippen LogP contribution in [-0.4, -0.2) is 23.2 Å². The van der Waals surface area contributed by atoms with Crippen LogP contribution in [0, 0.1) is 0 Å². The van der Waals surface area contributed by atoms with Gasteiger partial charge in [-0.1, -0.05) is 39.0 Å². The van der Waals surface area contributed by atoms with E-state index in [1.807, 2.05) is 0 Å². The Morgan fingerprint density at radius 3 is 2.18 bits per heavy atom. The zero-order chi connectivity index (χ0) is 13.3. The molecule has 0 aliphatic carbocycles. The van der Waals surface area contributed by atoms with Crippen LogP contribution in [0.25, 0.3) is 0 Å². The Hall–Kier alpha value is -0.580. The van der Waals surface area contributed by atoms with Crippen molar-refractivity contribution in [2.24, 2.45) is 0 Å². The van der Waals surface area contributed by atoms with Crippen molar-refractivity contribution in [3.63, 3.8) is 0 Å². The van der Waals surface area contributed by atoms with Crippen molar-refractivity contribution in [2.75, 3.05) is 0 Å². The third-order valence-corrected chi connectivity index (χ3v) is 2.61. The van der Waals surface area contributed by atoms with E-state index in [9.17, 15) is 18.0 Å². The van der Waals surface area contributed by atoms with Crippen molar-refractivity contribution in [2.45, 2.75) is 70.6 Å². The van der Waals surface area contributed by atoms with Crippen LogP contribution in [0.15, 0.2) is 0 Å². The molecule has 0 amide bonds. The fourth-order valence-electron chi connectivity index (χ4n) is 1.54. The number of unbranched alkanes of at least 4 members (excludes halogenated alkanes) is 5. The average molecular weight is 254 g/mol. The molecule has 0 bridgehead atoms. The highest BCUT2D eigenvalue weighted by Crippen LogP contribution is 2.23. The molecular weight excluding hydrogens is 233 g/mol. The summed E-state index contributed by atoms with van der Waals surface area (Å²) >= 11 is 0. The van der Waals surface area contributed by atoms with Crippen LogP contribution in [0.4, 0.5) is 13.2 Å². The predicted molar refractivity (Wildman–Crippen MR) is 59.7 cm³/mol. The van der Waals surface area contributed by atoms with Crippen LogP contribution in [0.3, 0.4) is 0 Å². The van der Waals surface area contributed by atoms with E-state index in [1.54, 1.807) is 0 Å². The lowest BCUT2D eigenvalue weighted by molar-refractivity contribution is -0.205. The second-order valence-corrected chi connectivity index (χ2v) is 4.32. The summed E-state index contributed by atoms with van der Waals surface area (Å²) in [5.41, 5.74) is 0. The summed E-state index contributed by atoms with van der Waals surface area (Å²) < 4.78 is 35.8. The highest BCUT2D eigenvalue weighted by molar-refractivity contribution is 5.78. The molecule has 17 heavy (non-hydrogen) atoms. The number of alkyl halides is 3. The molecule has 0 saturated carbocycles. The van der Waals surface area contributed by atoms with Crippen molar-refractivity contribution >= 4 is 5.78 Å². The van der Waals surface area contributed by atoms with Gasteiger partial charge in [-0.2, -0.15) is 13.2 Å². The molecule has 0 aromatic carbocycles. The molecule has 1 N–H and O–H groups in total. The van der Waals surface area contributed by atoms with Crippen molar-refractivity contribution in [3.05, 3.63) is 0 Å². The van der Waals surface area contributed by atoms with Gasteiger partial charge in [-0.15, -0.1) is 0 Å². The zero-order valence-corrected chi connectivity index (χ0v) is 10.2. The molecule has 0 aromatic heterocycles. The Labute approximate surface area is 100 Å². The standard InChI is InChI=1S/C12H21F3O2/c1-2-3-4-5-6-7-8-10(16)9-11(17)12(13,14)15/h11,17H,2-9H2,1H3. The first-order valence-electron chi connectivity index (χ1n) is 6.14. The maximum atomic E-state index is 11.9. The van der Waals surface area contributed by atoms with Crippen molar-refractivity contribution < 1.29 is 23.1 Å². The maximum absolute atomic E-state index is 11.9. The number of carbonyl (C=O) groups excluding carboxylic acids is 1. The average Bonchev–Trinajstić information content (AvgIpc) is 2.21. The number of hydrogen-bond acceptors (Lipinski definition) is 2. The second-order valence-electron chi connectivity index (χ2n) is 4.32. The third kappa shape index (κ3) is 9.15. The monoisotopic (exact) mass is 254 g/mol. The van der Waals surface area contributed by atoms with Gasteiger partial charge in [0.25, 0.3) is 0 Å². The van der Waals surface area contributed by atoms with E-state index in [0.29, 0.717) is 6.42 Å². The van der Waals surface area contributed by atoms with Crippen LogP contribution < -0.4 is 0 Å². The minimum atomic E-state index is -4.68. The van der Waals surface area contributed by atoms with E-state index in [2.05, 4.69) is 6.92 Å². The molecule has 0 aliphatic heterocycles. The highest BCUT2D eigenvalue weighted by Gasteiger charge is 2.39. The van der Waals surface area contributed by atoms with Gasteiger partial charge in [0.2, 0.25) is 0 Å². The molecule has 0 spiro atoms. The summed E-state index contributed by atoms with van der Waals surface area (Å²) in [6, 6.07) is 0. The Bertz CT molecular complexity index is 214. The van der Waals surface area contributed by atoms with E-state index < -0.39 is 24.5 Å². The molecule has 5 heteroatoms. The normalized spacial score (nSPS) is 13.7.